The molecule has 9 heteroatoms. The van der Waals surface area contributed by atoms with Gasteiger partial charge in [0.2, 0.25) is 0 Å². The minimum atomic E-state index is -4.42. The predicted molar refractivity (Wildman–Crippen MR) is 132 cm³/mol. The van der Waals surface area contributed by atoms with Gasteiger partial charge in [-0.15, -0.1) is 0 Å². The van der Waals surface area contributed by atoms with Crippen molar-refractivity contribution in [3.05, 3.63) is 95.3 Å². The fraction of sp³-hybridized carbons (Fsp3) is 0.0370. The van der Waals surface area contributed by atoms with Gasteiger partial charge < -0.3 is 9.97 Å². The van der Waals surface area contributed by atoms with Crippen LogP contribution in [0.25, 0.3) is 56.0 Å². The van der Waals surface area contributed by atoms with Crippen molar-refractivity contribution < 1.29 is 17.6 Å². The molecule has 0 amide bonds. The molecule has 36 heavy (non-hydrogen) atoms. The van der Waals surface area contributed by atoms with Gasteiger partial charge in [0.25, 0.3) is 0 Å². The minimum absolute atomic E-state index is 0.217. The maximum absolute atomic E-state index is 14.3. The van der Waals surface area contributed by atoms with E-state index in [0.717, 1.165) is 34.3 Å². The quantitative estimate of drug-likeness (QED) is 0.237. The smallest absolute Gasteiger partial charge is 0.338 e. The van der Waals surface area contributed by atoms with Crippen molar-refractivity contribution in [2.24, 2.45) is 0 Å². The van der Waals surface area contributed by atoms with Crippen molar-refractivity contribution >= 4 is 33.7 Å². The second-order valence-corrected chi connectivity index (χ2v) is 8.71. The summed E-state index contributed by atoms with van der Waals surface area (Å²) in [6.07, 6.45) is -4.42. The van der Waals surface area contributed by atoms with Crippen molar-refractivity contribution in [3.8, 4) is 33.9 Å². The molecular weight excluding hydrogens is 492 g/mol. The fourth-order valence-corrected chi connectivity index (χ4v) is 4.42. The zero-order valence-electron chi connectivity index (χ0n) is 18.3. The maximum atomic E-state index is 14.3. The number of hydrogen-bond acceptors (Lipinski definition) is 2. The highest BCUT2D eigenvalue weighted by atomic mass is 35.5. The Morgan fingerprint density at radius 3 is 2.00 bits per heavy atom. The van der Waals surface area contributed by atoms with E-state index >= 15 is 0 Å². The first-order valence-corrected chi connectivity index (χ1v) is 11.3. The van der Waals surface area contributed by atoms with Crippen LogP contribution in [0.2, 0.25) is 5.02 Å². The van der Waals surface area contributed by atoms with Crippen LogP contribution >= 0.6 is 11.6 Å². The fourth-order valence-electron chi connectivity index (χ4n) is 4.17. The van der Waals surface area contributed by atoms with Gasteiger partial charge in [-0.25, -0.2) is 14.4 Å². The van der Waals surface area contributed by atoms with Gasteiger partial charge in [-0.05, 0) is 53.6 Å². The number of alkyl halides is 3. The van der Waals surface area contributed by atoms with Crippen molar-refractivity contribution in [1.82, 2.24) is 19.9 Å². The summed E-state index contributed by atoms with van der Waals surface area (Å²) in [4.78, 5) is 15.0. The third-order valence-electron chi connectivity index (χ3n) is 5.98. The maximum Gasteiger partial charge on any atom is 0.416 e. The zero-order valence-corrected chi connectivity index (χ0v) is 19.0. The number of aromatic nitrogens is 4. The number of hydrogen-bond donors (Lipinski definition) is 2. The summed E-state index contributed by atoms with van der Waals surface area (Å²) in [6.45, 7) is 0. The Balaban J connectivity index is 1.31. The number of fused-ring (bicyclic) bond motifs is 2. The topological polar surface area (TPSA) is 57.4 Å². The van der Waals surface area contributed by atoms with E-state index in [0.29, 0.717) is 22.7 Å². The second kappa shape index (κ2) is 8.20. The number of rotatable bonds is 3. The van der Waals surface area contributed by atoms with Crippen LogP contribution in [0.1, 0.15) is 5.56 Å². The lowest BCUT2D eigenvalue weighted by atomic mass is 10.0. The highest BCUT2D eigenvalue weighted by Gasteiger charge is 2.30. The van der Waals surface area contributed by atoms with Crippen LogP contribution in [0, 0.1) is 5.82 Å². The summed E-state index contributed by atoms with van der Waals surface area (Å²) in [6, 6.07) is 21.1. The van der Waals surface area contributed by atoms with E-state index in [4.69, 9.17) is 11.6 Å². The SMILES string of the molecule is Fc1cccc(Cl)c1-c1nc2cc(-c3ccc(-c4nc5cc(C(F)(F)F)ccc5[nH]4)cc3)ccc2[nH]1. The normalized spacial score (nSPS) is 12.0. The molecule has 0 spiro atoms. The molecule has 6 aromatic rings. The van der Waals surface area contributed by atoms with Crippen LogP contribution in [-0.2, 0) is 6.18 Å². The summed E-state index contributed by atoms with van der Waals surface area (Å²) >= 11 is 6.18. The molecule has 0 saturated carbocycles. The largest absolute Gasteiger partial charge is 0.416 e. The van der Waals surface area contributed by atoms with Crippen LogP contribution in [0.5, 0.6) is 0 Å². The number of halogens is 5. The molecule has 0 unspecified atom stereocenters. The van der Waals surface area contributed by atoms with E-state index in [-0.39, 0.29) is 16.1 Å². The molecule has 4 nitrogen and oxygen atoms in total. The highest BCUT2D eigenvalue weighted by molar-refractivity contribution is 6.33. The summed E-state index contributed by atoms with van der Waals surface area (Å²) in [5.41, 5.74) is 4.19. The third kappa shape index (κ3) is 3.89. The van der Waals surface area contributed by atoms with Gasteiger partial charge in [0.1, 0.15) is 17.5 Å². The summed E-state index contributed by atoms with van der Waals surface area (Å²) in [5, 5.41) is 0.269. The molecule has 0 aliphatic rings. The lowest BCUT2D eigenvalue weighted by molar-refractivity contribution is -0.137. The average molecular weight is 507 g/mol. The number of benzene rings is 4. The average Bonchev–Trinajstić information content (AvgIpc) is 3.46. The van der Waals surface area contributed by atoms with Crippen molar-refractivity contribution in [2.45, 2.75) is 6.18 Å². The van der Waals surface area contributed by atoms with Gasteiger partial charge >= 0.3 is 6.18 Å². The molecule has 0 atom stereocenters. The van der Waals surface area contributed by atoms with Crippen LogP contribution in [0.15, 0.2) is 78.9 Å². The Kier molecular flexibility index (Phi) is 5.08. The molecule has 0 radical (unpaired) electrons. The molecule has 0 fully saturated rings. The predicted octanol–water partition coefficient (Wildman–Crippen LogP) is 8.25. The number of aromatic amines is 2. The molecule has 4 aromatic carbocycles. The molecule has 0 bridgehead atoms. The van der Waals surface area contributed by atoms with Crippen molar-refractivity contribution in [1.29, 1.82) is 0 Å². The van der Waals surface area contributed by atoms with E-state index < -0.39 is 17.6 Å². The molecule has 2 N–H and O–H groups in total. The van der Waals surface area contributed by atoms with Gasteiger partial charge in [-0.3, -0.25) is 0 Å². The standard InChI is InChI=1S/C27H15ClF4N4/c28-18-2-1-3-19(29)24(18)26-34-20-10-8-16(12-22(20)36-26)14-4-6-15(7-5-14)25-33-21-11-9-17(27(30,31)32)13-23(21)35-25/h1-13H,(H,33,35)(H,34,36). The van der Waals surface area contributed by atoms with Crippen LogP contribution in [0.4, 0.5) is 17.6 Å². The van der Waals surface area contributed by atoms with E-state index in [1.54, 1.807) is 6.07 Å². The Morgan fingerprint density at radius 2 is 1.28 bits per heavy atom. The molecule has 6 rings (SSSR count). The van der Waals surface area contributed by atoms with Crippen molar-refractivity contribution in [3.63, 3.8) is 0 Å². The lowest BCUT2D eigenvalue weighted by Gasteiger charge is -2.04. The van der Waals surface area contributed by atoms with E-state index in [1.165, 1.54) is 18.2 Å². The van der Waals surface area contributed by atoms with E-state index in [2.05, 4.69) is 19.9 Å². The molecule has 0 aliphatic heterocycles. The monoisotopic (exact) mass is 506 g/mol. The minimum Gasteiger partial charge on any atom is -0.338 e. The third-order valence-corrected chi connectivity index (χ3v) is 6.30. The summed E-state index contributed by atoms with van der Waals surface area (Å²) in [5.74, 6) is 0.363. The zero-order chi connectivity index (χ0) is 25.0. The number of nitrogens with zero attached hydrogens (tertiary/aromatic N) is 2. The first kappa shape index (κ1) is 22.3. The first-order valence-electron chi connectivity index (χ1n) is 10.9. The first-order chi connectivity index (χ1) is 17.3. The molecular formula is C27H15ClF4N4. The van der Waals surface area contributed by atoms with Gasteiger partial charge in [0.15, 0.2) is 0 Å². The van der Waals surface area contributed by atoms with Gasteiger partial charge in [-0.1, -0.05) is 48.0 Å². The molecule has 0 saturated heterocycles. The number of H-pyrrole nitrogens is 2. The lowest BCUT2D eigenvalue weighted by Crippen LogP contribution is -2.04. The van der Waals surface area contributed by atoms with Crippen LogP contribution < -0.4 is 0 Å². The van der Waals surface area contributed by atoms with Crippen molar-refractivity contribution in [2.75, 3.05) is 0 Å². The second-order valence-electron chi connectivity index (χ2n) is 8.31. The van der Waals surface area contributed by atoms with E-state index in [9.17, 15) is 17.6 Å². The summed E-state index contributed by atoms with van der Waals surface area (Å²) < 4.78 is 53.3. The van der Waals surface area contributed by atoms with Gasteiger partial charge in [0, 0.05) is 5.56 Å². The van der Waals surface area contributed by atoms with Crippen LogP contribution in [-0.4, -0.2) is 19.9 Å². The molecule has 2 heterocycles. The van der Waals surface area contributed by atoms with Crippen LogP contribution in [0.3, 0.4) is 0 Å². The molecule has 2 aromatic heterocycles. The number of nitrogens with one attached hydrogen (secondary N) is 2. The highest BCUT2D eigenvalue weighted by Crippen LogP contribution is 2.33. The molecule has 178 valence electrons. The van der Waals surface area contributed by atoms with E-state index in [1.807, 2.05) is 42.5 Å². The Hall–Kier alpha value is -4.17. The number of imidazole rings is 2. The van der Waals surface area contributed by atoms with Gasteiger partial charge in [0.05, 0.1) is 38.2 Å². The Bertz CT molecular complexity index is 1730. The summed E-state index contributed by atoms with van der Waals surface area (Å²) in [7, 11) is 0. The Labute approximate surface area is 206 Å². The Morgan fingerprint density at radius 1 is 0.667 bits per heavy atom. The van der Waals surface area contributed by atoms with Gasteiger partial charge in [-0.2, -0.15) is 13.2 Å². The molecule has 0 aliphatic carbocycles.